The molecule has 0 radical (unpaired) electrons. The first-order valence-electron chi connectivity index (χ1n) is 11.7. The highest BCUT2D eigenvalue weighted by Crippen LogP contribution is 2.49. The molecule has 5 rings (SSSR count). The first-order chi connectivity index (χ1) is 17.7. The van der Waals surface area contributed by atoms with E-state index in [1.807, 2.05) is 53.4 Å². The zero-order chi connectivity index (χ0) is 24.9. The van der Waals surface area contributed by atoms with E-state index in [2.05, 4.69) is 54.6 Å². The van der Waals surface area contributed by atoms with Crippen molar-refractivity contribution in [3.8, 4) is 11.5 Å². The van der Waals surface area contributed by atoms with E-state index in [0.29, 0.717) is 18.0 Å². The lowest BCUT2D eigenvalue weighted by molar-refractivity contribution is 0.0721. The van der Waals surface area contributed by atoms with Crippen LogP contribution in [0.4, 0.5) is 0 Å². The second-order valence-corrected chi connectivity index (χ2v) is 11.1. The fourth-order valence-electron chi connectivity index (χ4n) is 4.46. The smallest absolute Gasteiger partial charge is 0.255 e. The number of hydrogen-bond donors (Lipinski definition) is 0. The molecule has 182 valence electrons. The second-order valence-electron chi connectivity index (χ2n) is 8.38. The van der Waals surface area contributed by atoms with E-state index >= 15 is 0 Å². The second kappa shape index (κ2) is 11.1. The predicted octanol–water partition coefficient (Wildman–Crippen LogP) is 7.31. The number of benzene rings is 4. The lowest BCUT2D eigenvalue weighted by Crippen LogP contribution is -2.32. The summed E-state index contributed by atoms with van der Waals surface area (Å²) in [5.74, 6) is 1.38. The predicted molar refractivity (Wildman–Crippen MR) is 147 cm³/mol. The summed E-state index contributed by atoms with van der Waals surface area (Å²) in [5.41, 5.74) is 2.84. The van der Waals surface area contributed by atoms with Gasteiger partial charge in [-0.1, -0.05) is 60.7 Å². The number of ether oxygens (including phenoxy) is 2. The number of nitrogens with zero attached hydrogens (tertiary/aromatic N) is 1. The van der Waals surface area contributed by atoms with Crippen molar-refractivity contribution in [1.29, 1.82) is 0 Å². The van der Waals surface area contributed by atoms with Gasteiger partial charge in [0.15, 0.2) is 11.5 Å². The van der Waals surface area contributed by atoms with Gasteiger partial charge in [0.2, 0.25) is 0 Å². The van der Waals surface area contributed by atoms with Crippen LogP contribution in [0.15, 0.2) is 113 Å². The zero-order valence-corrected chi connectivity index (χ0v) is 21.8. The molecule has 4 aromatic carbocycles. The third-order valence-corrected chi connectivity index (χ3v) is 8.80. The molecule has 0 fully saturated rings. The number of methoxy groups -OCH3 is 2. The monoisotopic (exact) mass is 513 g/mol. The fraction of sp³-hybridized carbons (Fsp3) is 0.167. The Kier molecular flexibility index (Phi) is 7.54. The Balaban J connectivity index is 1.55. The van der Waals surface area contributed by atoms with Crippen LogP contribution < -0.4 is 9.47 Å². The average molecular weight is 514 g/mol. The van der Waals surface area contributed by atoms with Gasteiger partial charge in [0.1, 0.15) is 0 Å². The molecule has 36 heavy (non-hydrogen) atoms. The van der Waals surface area contributed by atoms with Gasteiger partial charge in [0.05, 0.1) is 24.8 Å². The van der Waals surface area contributed by atoms with E-state index < -0.39 is 0 Å². The van der Waals surface area contributed by atoms with Crippen molar-refractivity contribution in [2.45, 2.75) is 27.0 Å². The van der Waals surface area contributed by atoms with Crippen molar-refractivity contribution in [2.75, 3.05) is 14.2 Å². The summed E-state index contributed by atoms with van der Waals surface area (Å²) < 4.78 is 11.0. The zero-order valence-electron chi connectivity index (χ0n) is 20.2. The lowest BCUT2D eigenvalue weighted by Gasteiger charge is -2.32. The van der Waals surface area contributed by atoms with Gasteiger partial charge in [-0.15, -0.1) is 23.5 Å². The van der Waals surface area contributed by atoms with Crippen molar-refractivity contribution < 1.29 is 14.3 Å². The standard InChI is InChI=1S/C30H27NO3S2/c1-33-26-18-17-21(19-27(26)34-2)20-31-28(24-15-9-10-16-25(24)29(31)32)30(35-22-11-5-3-6-12-22)36-23-13-7-4-8-14-23/h3-19,28,30H,20H2,1-2H3. The molecule has 0 bridgehead atoms. The highest BCUT2D eigenvalue weighted by molar-refractivity contribution is 8.17. The van der Waals surface area contributed by atoms with Gasteiger partial charge in [0.25, 0.3) is 5.91 Å². The average Bonchev–Trinajstić information content (AvgIpc) is 3.20. The van der Waals surface area contributed by atoms with E-state index in [1.54, 1.807) is 37.7 Å². The van der Waals surface area contributed by atoms with Crippen LogP contribution in [-0.4, -0.2) is 29.6 Å². The fourth-order valence-corrected chi connectivity index (χ4v) is 7.33. The lowest BCUT2D eigenvalue weighted by atomic mass is 10.1. The minimum absolute atomic E-state index is 0.0440. The largest absolute Gasteiger partial charge is 0.493 e. The van der Waals surface area contributed by atoms with Gasteiger partial charge in [-0.3, -0.25) is 4.79 Å². The topological polar surface area (TPSA) is 38.8 Å². The first-order valence-corrected chi connectivity index (χ1v) is 13.5. The summed E-state index contributed by atoms with van der Waals surface area (Å²) in [5, 5.41) is 0. The van der Waals surface area contributed by atoms with Crippen LogP contribution >= 0.6 is 23.5 Å². The van der Waals surface area contributed by atoms with E-state index in [-0.39, 0.29) is 16.5 Å². The Morgan fingerprint density at radius 3 is 1.94 bits per heavy atom. The molecule has 1 atom stereocenters. The maximum atomic E-state index is 13.7. The molecule has 1 aliphatic heterocycles. The Hall–Kier alpha value is -3.35. The molecule has 1 amide bonds. The van der Waals surface area contributed by atoms with Crippen LogP contribution in [0.5, 0.6) is 11.5 Å². The summed E-state index contributed by atoms with van der Waals surface area (Å²) in [4.78, 5) is 18.1. The van der Waals surface area contributed by atoms with Crippen LogP contribution in [0.1, 0.15) is 27.5 Å². The molecular formula is C30H27NO3S2. The van der Waals surface area contributed by atoms with Gasteiger partial charge >= 0.3 is 0 Å². The number of fused-ring (bicyclic) bond motifs is 1. The highest BCUT2D eigenvalue weighted by Gasteiger charge is 2.42. The van der Waals surface area contributed by atoms with Crippen LogP contribution in [0.25, 0.3) is 0 Å². The molecule has 1 heterocycles. The molecular weight excluding hydrogens is 486 g/mol. The number of rotatable bonds is 9. The van der Waals surface area contributed by atoms with Gasteiger partial charge < -0.3 is 14.4 Å². The molecule has 0 spiro atoms. The van der Waals surface area contributed by atoms with Crippen molar-refractivity contribution in [3.05, 3.63) is 120 Å². The molecule has 0 aromatic heterocycles. The SMILES string of the molecule is COc1ccc(CN2C(=O)c3ccccc3C2C(Sc2ccccc2)Sc2ccccc2)cc1OC. The molecule has 1 unspecified atom stereocenters. The molecule has 0 saturated heterocycles. The third-order valence-electron chi connectivity index (χ3n) is 6.16. The third kappa shape index (κ3) is 5.11. The van der Waals surface area contributed by atoms with Gasteiger partial charge in [-0.25, -0.2) is 0 Å². The Morgan fingerprint density at radius 1 is 0.750 bits per heavy atom. The van der Waals surface area contributed by atoms with Gasteiger partial charge in [-0.05, 0) is 53.6 Å². The van der Waals surface area contributed by atoms with E-state index in [9.17, 15) is 4.79 Å². The van der Waals surface area contributed by atoms with Gasteiger partial charge in [0, 0.05) is 21.9 Å². The van der Waals surface area contributed by atoms with Crippen molar-refractivity contribution >= 4 is 29.4 Å². The maximum absolute atomic E-state index is 13.7. The Morgan fingerprint density at radius 2 is 1.33 bits per heavy atom. The summed E-state index contributed by atoms with van der Waals surface area (Å²) in [6.07, 6.45) is 0. The number of hydrogen-bond acceptors (Lipinski definition) is 5. The molecule has 0 N–H and O–H groups in total. The normalized spacial score (nSPS) is 14.7. The first kappa shape index (κ1) is 24.3. The summed E-state index contributed by atoms with van der Waals surface area (Å²) in [6.45, 7) is 0.472. The van der Waals surface area contributed by atoms with Crippen molar-refractivity contribution in [3.63, 3.8) is 0 Å². The van der Waals surface area contributed by atoms with Crippen LogP contribution in [0.2, 0.25) is 0 Å². The molecule has 1 aliphatic rings. The number of thioether (sulfide) groups is 2. The van der Waals surface area contributed by atoms with Crippen LogP contribution in [0, 0.1) is 0 Å². The molecule has 4 nitrogen and oxygen atoms in total. The highest BCUT2D eigenvalue weighted by atomic mass is 32.2. The molecule has 6 heteroatoms. The quantitative estimate of drug-likeness (QED) is 0.173. The summed E-state index contributed by atoms with van der Waals surface area (Å²) in [7, 11) is 3.25. The number of amides is 1. The Labute approximate surface area is 220 Å². The minimum atomic E-state index is -0.114. The minimum Gasteiger partial charge on any atom is -0.493 e. The summed E-state index contributed by atoms with van der Waals surface area (Å²) in [6, 6.07) is 34.5. The van der Waals surface area contributed by atoms with Crippen LogP contribution in [0.3, 0.4) is 0 Å². The van der Waals surface area contributed by atoms with Crippen LogP contribution in [-0.2, 0) is 6.54 Å². The maximum Gasteiger partial charge on any atom is 0.255 e. The number of carbonyl (C=O) groups excluding carboxylic acids is 1. The van der Waals surface area contributed by atoms with E-state index in [1.165, 1.54) is 9.79 Å². The van der Waals surface area contributed by atoms with Crippen molar-refractivity contribution in [1.82, 2.24) is 4.90 Å². The Bertz CT molecular complexity index is 1290. The molecule has 0 aliphatic carbocycles. The summed E-state index contributed by atoms with van der Waals surface area (Å²) >= 11 is 3.60. The van der Waals surface area contributed by atoms with E-state index in [0.717, 1.165) is 16.7 Å². The van der Waals surface area contributed by atoms with Gasteiger partial charge in [-0.2, -0.15) is 0 Å². The molecule has 0 saturated carbocycles. The molecule has 4 aromatic rings. The van der Waals surface area contributed by atoms with E-state index in [4.69, 9.17) is 9.47 Å². The van der Waals surface area contributed by atoms with Crippen molar-refractivity contribution in [2.24, 2.45) is 0 Å². The number of carbonyl (C=O) groups is 1.